The fourth-order valence-corrected chi connectivity index (χ4v) is 1.57. The van der Waals surface area contributed by atoms with Crippen LogP contribution in [-0.2, 0) is 16.1 Å². The predicted octanol–water partition coefficient (Wildman–Crippen LogP) is 1.63. The van der Waals surface area contributed by atoms with E-state index in [2.05, 4.69) is 11.4 Å². The summed E-state index contributed by atoms with van der Waals surface area (Å²) in [4.78, 5) is 0. The molecule has 0 saturated carbocycles. The number of nitrogens with one attached hydrogen (secondary N) is 1. The van der Waals surface area contributed by atoms with Crippen molar-refractivity contribution in [3.63, 3.8) is 0 Å². The summed E-state index contributed by atoms with van der Waals surface area (Å²) in [5, 5.41) is 12.2. The summed E-state index contributed by atoms with van der Waals surface area (Å²) in [5.74, 6) is 0. The minimum Gasteiger partial charge on any atom is -0.383 e. The maximum atomic E-state index is 9.12. The predicted molar refractivity (Wildman–Crippen MR) is 65.4 cm³/mol. The number of nitrogens with zero attached hydrogens (tertiary/aromatic N) is 1. The first-order valence-electron chi connectivity index (χ1n) is 5.51. The van der Waals surface area contributed by atoms with Crippen LogP contribution in [0.1, 0.15) is 17.2 Å². The lowest BCUT2D eigenvalue weighted by Gasteiger charge is -2.12. The summed E-state index contributed by atoms with van der Waals surface area (Å²) >= 11 is 0. The molecular weight excluding hydrogens is 216 g/mol. The van der Waals surface area contributed by atoms with Crippen LogP contribution in [-0.4, -0.2) is 27.4 Å². The second-order valence-electron chi connectivity index (χ2n) is 3.69. The van der Waals surface area contributed by atoms with Gasteiger partial charge in [0.2, 0.25) is 0 Å². The Bertz CT molecular complexity index is 374. The number of ether oxygens (including phenoxy) is 2. The maximum absolute atomic E-state index is 9.12. The van der Waals surface area contributed by atoms with E-state index in [1.807, 2.05) is 24.3 Å². The molecule has 1 atom stereocenters. The lowest BCUT2D eigenvalue weighted by Crippen LogP contribution is -2.24. The summed E-state index contributed by atoms with van der Waals surface area (Å²) < 4.78 is 10.0. The van der Waals surface area contributed by atoms with Gasteiger partial charge in [-0.15, -0.1) is 0 Å². The van der Waals surface area contributed by atoms with E-state index >= 15 is 0 Å². The molecule has 4 heteroatoms. The second-order valence-corrected chi connectivity index (χ2v) is 3.69. The van der Waals surface area contributed by atoms with Crippen LogP contribution in [0.4, 0.5) is 0 Å². The van der Waals surface area contributed by atoms with Gasteiger partial charge in [-0.05, 0) is 11.1 Å². The molecule has 0 aliphatic heterocycles. The van der Waals surface area contributed by atoms with Crippen molar-refractivity contribution in [2.75, 3.05) is 27.4 Å². The van der Waals surface area contributed by atoms with Gasteiger partial charge in [-0.3, -0.25) is 5.32 Å². The third-order valence-electron chi connectivity index (χ3n) is 2.38. The first-order valence-corrected chi connectivity index (χ1v) is 5.51. The Kier molecular flexibility index (Phi) is 6.26. The number of hydrogen-bond donors (Lipinski definition) is 1. The zero-order valence-corrected chi connectivity index (χ0v) is 10.3. The van der Waals surface area contributed by atoms with Crippen LogP contribution < -0.4 is 5.32 Å². The van der Waals surface area contributed by atoms with Crippen LogP contribution in [0.15, 0.2) is 24.3 Å². The highest BCUT2D eigenvalue weighted by molar-refractivity contribution is 5.29. The molecule has 1 N–H and O–H groups in total. The van der Waals surface area contributed by atoms with E-state index in [-0.39, 0.29) is 6.04 Å². The summed E-state index contributed by atoms with van der Waals surface area (Å²) in [6, 6.07) is 9.78. The van der Waals surface area contributed by atoms with Gasteiger partial charge in [0.05, 0.1) is 19.3 Å². The Morgan fingerprint density at radius 1 is 1.35 bits per heavy atom. The molecule has 0 aliphatic rings. The van der Waals surface area contributed by atoms with Crippen LogP contribution in [0.2, 0.25) is 0 Å². The summed E-state index contributed by atoms with van der Waals surface area (Å²) in [6.07, 6.45) is 0. The van der Waals surface area contributed by atoms with Crippen molar-refractivity contribution in [2.24, 2.45) is 0 Å². The smallest absolute Gasteiger partial charge is 0.121 e. The van der Waals surface area contributed by atoms with Gasteiger partial charge in [-0.2, -0.15) is 5.26 Å². The first kappa shape index (κ1) is 13.7. The van der Waals surface area contributed by atoms with E-state index in [1.54, 1.807) is 14.2 Å². The van der Waals surface area contributed by atoms with Crippen molar-refractivity contribution in [3.05, 3.63) is 35.4 Å². The van der Waals surface area contributed by atoms with Gasteiger partial charge in [0.15, 0.2) is 0 Å². The molecule has 0 amide bonds. The topological polar surface area (TPSA) is 54.3 Å². The standard InChI is InChI=1S/C13H18N2O2/c1-16-7-6-15-13(9-14)12-5-3-4-11(8-12)10-17-2/h3-5,8,13,15H,6-7,10H2,1-2H3. The lowest BCUT2D eigenvalue weighted by molar-refractivity contribution is 0.184. The van der Waals surface area contributed by atoms with Crippen molar-refractivity contribution in [1.29, 1.82) is 5.26 Å². The SMILES string of the molecule is COCCNC(C#N)c1cccc(COC)c1. The Balaban J connectivity index is 2.67. The van der Waals surface area contributed by atoms with Crippen molar-refractivity contribution in [1.82, 2.24) is 5.32 Å². The van der Waals surface area contributed by atoms with Gasteiger partial charge in [0.25, 0.3) is 0 Å². The van der Waals surface area contributed by atoms with E-state index in [0.29, 0.717) is 19.8 Å². The minimum absolute atomic E-state index is 0.304. The van der Waals surface area contributed by atoms with Crippen LogP contribution in [0.25, 0.3) is 0 Å². The summed E-state index contributed by atoms with van der Waals surface area (Å²) in [6.45, 7) is 1.81. The maximum Gasteiger partial charge on any atom is 0.121 e. The molecule has 0 heterocycles. The minimum atomic E-state index is -0.304. The molecule has 1 aromatic carbocycles. The molecule has 0 radical (unpaired) electrons. The molecule has 0 aromatic heterocycles. The molecule has 92 valence electrons. The normalized spacial score (nSPS) is 12.1. The molecule has 0 bridgehead atoms. The molecular formula is C13H18N2O2. The molecule has 17 heavy (non-hydrogen) atoms. The van der Waals surface area contributed by atoms with E-state index < -0.39 is 0 Å². The second kappa shape index (κ2) is 7.80. The Morgan fingerprint density at radius 2 is 2.18 bits per heavy atom. The fourth-order valence-electron chi connectivity index (χ4n) is 1.57. The van der Waals surface area contributed by atoms with Crippen molar-refractivity contribution in [3.8, 4) is 6.07 Å². The van der Waals surface area contributed by atoms with Crippen LogP contribution in [0, 0.1) is 11.3 Å². The van der Waals surface area contributed by atoms with Gasteiger partial charge < -0.3 is 9.47 Å². The molecule has 1 rings (SSSR count). The van der Waals surface area contributed by atoms with E-state index in [4.69, 9.17) is 14.7 Å². The number of benzene rings is 1. The third kappa shape index (κ3) is 4.53. The molecule has 4 nitrogen and oxygen atoms in total. The zero-order chi connectivity index (χ0) is 12.5. The fraction of sp³-hybridized carbons (Fsp3) is 0.462. The first-order chi connectivity index (χ1) is 8.31. The van der Waals surface area contributed by atoms with Gasteiger partial charge in [-0.1, -0.05) is 24.3 Å². The largest absolute Gasteiger partial charge is 0.383 e. The Hall–Kier alpha value is -1.41. The summed E-state index contributed by atoms with van der Waals surface area (Å²) in [7, 11) is 3.30. The highest BCUT2D eigenvalue weighted by Gasteiger charge is 2.09. The van der Waals surface area contributed by atoms with Gasteiger partial charge in [0.1, 0.15) is 6.04 Å². The molecule has 0 spiro atoms. The number of methoxy groups -OCH3 is 2. The molecule has 0 fully saturated rings. The van der Waals surface area contributed by atoms with Crippen LogP contribution in [0.5, 0.6) is 0 Å². The van der Waals surface area contributed by atoms with Crippen LogP contribution in [0.3, 0.4) is 0 Å². The third-order valence-corrected chi connectivity index (χ3v) is 2.38. The molecule has 0 saturated heterocycles. The number of hydrogen-bond acceptors (Lipinski definition) is 4. The average Bonchev–Trinajstić information content (AvgIpc) is 2.35. The van der Waals surface area contributed by atoms with Crippen molar-refractivity contribution in [2.45, 2.75) is 12.6 Å². The lowest BCUT2D eigenvalue weighted by atomic mass is 10.1. The van der Waals surface area contributed by atoms with Gasteiger partial charge in [-0.25, -0.2) is 0 Å². The number of rotatable bonds is 7. The van der Waals surface area contributed by atoms with Gasteiger partial charge >= 0.3 is 0 Å². The van der Waals surface area contributed by atoms with E-state index in [0.717, 1.165) is 11.1 Å². The van der Waals surface area contributed by atoms with Crippen molar-refractivity contribution < 1.29 is 9.47 Å². The Labute approximate surface area is 102 Å². The molecule has 1 aromatic rings. The number of nitriles is 1. The monoisotopic (exact) mass is 234 g/mol. The molecule has 0 aliphatic carbocycles. The molecule has 1 unspecified atom stereocenters. The Morgan fingerprint density at radius 3 is 2.82 bits per heavy atom. The van der Waals surface area contributed by atoms with E-state index in [1.165, 1.54) is 0 Å². The average molecular weight is 234 g/mol. The van der Waals surface area contributed by atoms with E-state index in [9.17, 15) is 0 Å². The quantitative estimate of drug-likeness (QED) is 0.729. The van der Waals surface area contributed by atoms with Gasteiger partial charge in [0, 0.05) is 20.8 Å². The highest BCUT2D eigenvalue weighted by atomic mass is 16.5. The van der Waals surface area contributed by atoms with Crippen LogP contribution >= 0.6 is 0 Å². The zero-order valence-electron chi connectivity index (χ0n) is 10.3. The highest BCUT2D eigenvalue weighted by Crippen LogP contribution is 2.14. The van der Waals surface area contributed by atoms with Crippen molar-refractivity contribution >= 4 is 0 Å². The summed E-state index contributed by atoms with van der Waals surface area (Å²) in [5.41, 5.74) is 2.02.